The van der Waals surface area contributed by atoms with Crippen molar-refractivity contribution >= 4 is 12.2 Å². The molecule has 7 heteroatoms. The molecular weight excluding hydrogens is 366 g/mol. The first kappa shape index (κ1) is 19.2. The van der Waals surface area contributed by atoms with Crippen LogP contribution in [0.25, 0.3) is 0 Å². The lowest BCUT2D eigenvalue weighted by molar-refractivity contribution is 0.0936. The topological polar surface area (TPSA) is 68.3 Å². The lowest BCUT2D eigenvalue weighted by atomic mass is 10.1. The largest absolute Gasteiger partial charge is 0.438 e. The molecule has 1 unspecified atom stereocenters. The normalized spacial score (nSPS) is 11.5. The number of carbonyl (C=O) groups is 2. The fourth-order valence-corrected chi connectivity index (χ4v) is 2.51. The molecule has 1 amide bonds. The van der Waals surface area contributed by atoms with Crippen molar-refractivity contribution < 1.29 is 23.1 Å². The number of halogens is 2. The van der Waals surface area contributed by atoms with E-state index in [1.807, 2.05) is 0 Å². The summed E-state index contributed by atoms with van der Waals surface area (Å²) in [6.45, 7) is 1.75. The van der Waals surface area contributed by atoms with E-state index in [0.717, 1.165) is 24.1 Å². The van der Waals surface area contributed by atoms with E-state index in [-0.39, 0.29) is 17.2 Å². The minimum atomic E-state index is -0.695. The third-order valence-corrected chi connectivity index (χ3v) is 4.01. The molecule has 0 saturated heterocycles. The molecule has 3 rings (SSSR count). The fourth-order valence-electron chi connectivity index (χ4n) is 2.51. The van der Waals surface area contributed by atoms with Crippen molar-refractivity contribution in [3.63, 3.8) is 0 Å². The van der Waals surface area contributed by atoms with Gasteiger partial charge >= 0.3 is 0 Å². The van der Waals surface area contributed by atoms with Gasteiger partial charge in [0.2, 0.25) is 5.88 Å². The van der Waals surface area contributed by atoms with Gasteiger partial charge in [-0.25, -0.2) is 13.8 Å². The van der Waals surface area contributed by atoms with Gasteiger partial charge in [0, 0.05) is 5.56 Å². The van der Waals surface area contributed by atoms with Crippen LogP contribution in [0, 0.1) is 11.6 Å². The van der Waals surface area contributed by atoms with Crippen LogP contribution in [0.5, 0.6) is 11.6 Å². The average molecular weight is 382 g/mol. The number of hydrogen-bond donors (Lipinski definition) is 1. The molecule has 28 heavy (non-hydrogen) atoms. The van der Waals surface area contributed by atoms with Crippen molar-refractivity contribution in [2.45, 2.75) is 13.0 Å². The number of hydrogen-bond acceptors (Lipinski definition) is 4. The third kappa shape index (κ3) is 4.56. The van der Waals surface area contributed by atoms with Gasteiger partial charge < -0.3 is 10.1 Å². The predicted molar refractivity (Wildman–Crippen MR) is 98.4 cm³/mol. The lowest BCUT2D eigenvalue weighted by Gasteiger charge is -2.16. The Kier molecular flexibility index (Phi) is 5.74. The van der Waals surface area contributed by atoms with E-state index in [0.29, 0.717) is 5.56 Å². The van der Waals surface area contributed by atoms with Crippen LogP contribution in [0.3, 0.4) is 0 Å². The Bertz CT molecular complexity index is 990. The molecule has 0 spiro atoms. The van der Waals surface area contributed by atoms with Crippen LogP contribution >= 0.6 is 0 Å². The second-order valence-corrected chi connectivity index (χ2v) is 6.04. The standard InChI is InChI=1S/C21H16F2N2O3/c1-13(15-4-2-14(12-26)3-5-15)25-20(27)19-10-17(23)11-24-21(19)28-18-8-6-16(22)7-9-18/h2-13H,1H3,(H,25,27). The van der Waals surface area contributed by atoms with Gasteiger partial charge in [0.1, 0.15) is 29.2 Å². The summed E-state index contributed by atoms with van der Waals surface area (Å²) in [5, 5.41) is 2.74. The number of pyridine rings is 1. The van der Waals surface area contributed by atoms with E-state index in [2.05, 4.69) is 10.3 Å². The first-order valence-electron chi connectivity index (χ1n) is 8.41. The number of benzene rings is 2. The van der Waals surface area contributed by atoms with E-state index in [1.54, 1.807) is 31.2 Å². The first-order valence-corrected chi connectivity index (χ1v) is 8.41. The van der Waals surface area contributed by atoms with Gasteiger partial charge in [0.25, 0.3) is 5.91 Å². The Balaban J connectivity index is 1.80. The summed E-state index contributed by atoms with van der Waals surface area (Å²) in [6, 6.07) is 12.5. The number of aromatic nitrogens is 1. The van der Waals surface area contributed by atoms with E-state index < -0.39 is 23.6 Å². The molecule has 0 fully saturated rings. The first-order chi connectivity index (χ1) is 13.5. The van der Waals surface area contributed by atoms with Gasteiger partial charge in [-0.1, -0.05) is 24.3 Å². The van der Waals surface area contributed by atoms with E-state index in [4.69, 9.17) is 4.74 Å². The minimum Gasteiger partial charge on any atom is -0.438 e. The molecule has 2 aromatic carbocycles. The van der Waals surface area contributed by atoms with Crippen molar-refractivity contribution in [2.24, 2.45) is 0 Å². The number of carbonyl (C=O) groups excluding carboxylic acids is 2. The van der Waals surface area contributed by atoms with Crippen molar-refractivity contribution in [1.82, 2.24) is 10.3 Å². The molecule has 0 aliphatic rings. The van der Waals surface area contributed by atoms with Crippen LogP contribution in [0.1, 0.15) is 39.2 Å². The van der Waals surface area contributed by atoms with Gasteiger partial charge in [0.05, 0.1) is 12.2 Å². The molecule has 0 aliphatic heterocycles. The van der Waals surface area contributed by atoms with Gasteiger partial charge in [-0.15, -0.1) is 0 Å². The molecule has 5 nitrogen and oxygen atoms in total. The molecule has 0 bridgehead atoms. The highest BCUT2D eigenvalue weighted by Crippen LogP contribution is 2.25. The van der Waals surface area contributed by atoms with Crippen LogP contribution in [-0.2, 0) is 0 Å². The minimum absolute atomic E-state index is 0.0966. The molecule has 1 N–H and O–H groups in total. The van der Waals surface area contributed by atoms with Crippen LogP contribution in [-0.4, -0.2) is 17.2 Å². The molecular formula is C21H16F2N2O3. The summed E-state index contributed by atoms with van der Waals surface area (Å²) in [5.74, 6) is -1.57. The Labute approximate surface area is 160 Å². The SMILES string of the molecule is CC(NC(=O)c1cc(F)cnc1Oc1ccc(F)cc1)c1ccc(C=O)cc1. The summed E-state index contributed by atoms with van der Waals surface area (Å²) < 4.78 is 32.2. The molecule has 0 saturated carbocycles. The van der Waals surface area contributed by atoms with E-state index >= 15 is 0 Å². The summed E-state index contributed by atoms with van der Waals surface area (Å²) in [5.41, 5.74) is 1.19. The Morgan fingerprint density at radius 3 is 2.39 bits per heavy atom. The summed E-state index contributed by atoms with van der Waals surface area (Å²) in [4.78, 5) is 27.2. The maximum Gasteiger partial charge on any atom is 0.257 e. The highest BCUT2D eigenvalue weighted by atomic mass is 19.1. The molecule has 0 aliphatic carbocycles. The maximum atomic E-state index is 13.7. The zero-order chi connectivity index (χ0) is 20.1. The smallest absolute Gasteiger partial charge is 0.257 e. The number of rotatable bonds is 6. The van der Waals surface area contributed by atoms with Crippen LogP contribution in [0.15, 0.2) is 60.8 Å². The second-order valence-electron chi connectivity index (χ2n) is 6.04. The van der Waals surface area contributed by atoms with Gasteiger partial charge in [-0.3, -0.25) is 9.59 Å². The highest BCUT2D eigenvalue weighted by molar-refractivity contribution is 5.96. The summed E-state index contributed by atoms with van der Waals surface area (Å²) >= 11 is 0. The monoisotopic (exact) mass is 382 g/mol. The second kappa shape index (κ2) is 8.39. The lowest BCUT2D eigenvalue weighted by Crippen LogP contribution is -2.27. The van der Waals surface area contributed by atoms with Gasteiger partial charge in [0.15, 0.2) is 0 Å². The zero-order valence-electron chi connectivity index (χ0n) is 14.9. The van der Waals surface area contributed by atoms with Crippen LogP contribution < -0.4 is 10.1 Å². The molecule has 0 radical (unpaired) electrons. The Hall–Kier alpha value is -3.61. The van der Waals surface area contributed by atoms with Crippen LogP contribution in [0.4, 0.5) is 8.78 Å². The van der Waals surface area contributed by atoms with E-state index in [1.165, 1.54) is 24.3 Å². The maximum absolute atomic E-state index is 13.7. The average Bonchev–Trinajstić information content (AvgIpc) is 2.71. The summed E-state index contributed by atoms with van der Waals surface area (Å²) in [7, 11) is 0. The number of ether oxygens (including phenoxy) is 1. The molecule has 3 aromatic rings. The summed E-state index contributed by atoms with van der Waals surface area (Å²) in [6.07, 6.45) is 1.65. The Morgan fingerprint density at radius 2 is 1.75 bits per heavy atom. The number of amides is 1. The quantitative estimate of drug-likeness (QED) is 0.640. The zero-order valence-corrected chi connectivity index (χ0v) is 14.9. The number of nitrogens with one attached hydrogen (secondary N) is 1. The Morgan fingerprint density at radius 1 is 1.07 bits per heavy atom. The van der Waals surface area contributed by atoms with Crippen molar-refractivity contribution in [3.8, 4) is 11.6 Å². The van der Waals surface area contributed by atoms with Gasteiger partial charge in [-0.05, 0) is 42.8 Å². The highest BCUT2D eigenvalue weighted by Gasteiger charge is 2.19. The van der Waals surface area contributed by atoms with Crippen molar-refractivity contribution in [3.05, 3.63) is 89.1 Å². The molecule has 1 atom stereocenters. The third-order valence-electron chi connectivity index (χ3n) is 4.01. The number of nitrogens with zero attached hydrogens (tertiary/aromatic N) is 1. The van der Waals surface area contributed by atoms with E-state index in [9.17, 15) is 18.4 Å². The molecule has 1 heterocycles. The molecule has 142 valence electrons. The number of aldehydes is 1. The van der Waals surface area contributed by atoms with Crippen LogP contribution in [0.2, 0.25) is 0 Å². The van der Waals surface area contributed by atoms with Crippen molar-refractivity contribution in [1.29, 1.82) is 0 Å². The molecule has 1 aromatic heterocycles. The van der Waals surface area contributed by atoms with Crippen molar-refractivity contribution in [2.75, 3.05) is 0 Å². The fraction of sp³-hybridized carbons (Fsp3) is 0.0952. The predicted octanol–water partition coefficient (Wildman–Crippen LogP) is 4.46. The van der Waals surface area contributed by atoms with Gasteiger partial charge in [-0.2, -0.15) is 0 Å².